The summed E-state index contributed by atoms with van der Waals surface area (Å²) in [7, 11) is 0. The Hall–Kier alpha value is -0.240. The standard InChI is InChI=1S/C12H24ClNO/c1-3-5-8-11(4-2)12(15)14-10-7-6-9-13/h11H,3-10H2,1-2H3,(H,14,15). The molecule has 0 saturated heterocycles. The average molecular weight is 234 g/mol. The molecule has 0 bridgehead atoms. The normalized spacial score (nSPS) is 12.5. The van der Waals surface area contributed by atoms with Crippen LogP contribution in [0.1, 0.15) is 52.4 Å². The number of halogens is 1. The number of amides is 1. The molecule has 3 heteroatoms. The Kier molecular flexibility index (Phi) is 10.1. The number of carbonyl (C=O) groups excluding carboxylic acids is 1. The van der Waals surface area contributed by atoms with Gasteiger partial charge in [-0.3, -0.25) is 4.79 Å². The number of unbranched alkanes of at least 4 members (excludes halogenated alkanes) is 2. The summed E-state index contributed by atoms with van der Waals surface area (Å²) < 4.78 is 0. The van der Waals surface area contributed by atoms with Gasteiger partial charge in [0.2, 0.25) is 5.91 Å². The Morgan fingerprint density at radius 1 is 1.27 bits per heavy atom. The molecule has 1 amide bonds. The average Bonchev–Trinajstić information content (AvgIpc) is 2.25. The first-order valence-electron chi connectivity index (χ1n) is 6.09. The van der Waals surface area contributed by atoms with Gasteiger partial charge in [-0.25, -0.2) is 0 Å². The van der Waals surface area contributed by atoms with Crippen LogP contribution in [0.3, 0.4) is 0 Å². The molecule has 2 nitrogen and oxygen atoms in total. The highest BCUT2D eigenvalue weighted by Gasteiger charge is 2.14. The van der Waals surface area contributed by atoms with Gasteiger partial charge in [0.1, 0.15) is 0 Å². The third-order valence-electron chi connectivity index (χ3n) is 2.63. The van der Waals surface area contributed by atoms with Crippen LogP contribution in [0.2, 0.25) is 0 Å². The number of hydrogen-bond acceptors (Lipinski definition) is 1. The summed E-state index contributed by atoms with van der Waals surface area (Å²) in [5.74, 6) is 1.12. The molecule has 0 heterocycles. The van der Waals surface area contributed by atoms with Crippen LogP contribution >= 0.6 is 11.6 Å². The van der Waals surface area contributed by atoms with Gasteiger partial charge < -0.3 is 5.32 Å². The van der Waals surface area contributed by atoms with E-state index in [0.717, 1.165) is 45.1 Å². The molecule has 0 saturated carbocycles. The van der Waals surface area contributed by atoms with Gasteiger partial charge >= 0.3 is 0 Å². The maximum Gasteiger partial charge on any atom is 0.223 e. The molecule has 1 atom stereocenters. The third kappa shape index (κ3) is 7.66. The summed E-state index contributed by atoms with van der Waals surface area (Å²) in [4.78, 5) is 11.7. The van der Waals surface area contributed by atoms with Crippen LogP contribution < -0.4 is 5.32 Å². The van der Waals surface area contributed by atoms with E-state index in [1.165, 1.54) is 0 Å². The van der Waals surface area contributed by atoms with Crippen LogP contribution in [0.25, 0.3) is 0 Å². The molecule has 1 N–H and O–H groups in total. The van der Waals surface area contributed by atoms with E-state index in [-0.39, 0.29) is 11.8 Å². The highest BCUT2D eigenvalue weighted by molar-refractivity contribution is 6.17. The zero-order valence-electron chi connectivity index (χ0n) is 10.0. The van der Waals surface area contributed by atoms with Crippen molar-refractivity contribution in [2.45, 2.75) is 52.4 Å². The zero-order chi connectivity index (χ0) is 11.5. The fraction of sp³-hybridized carbons (Fsp3) is 0.917. The number of rotatable bonds is 9. The van der Waals surface area contributed by atoms with Crippen molar-refractivity contribution in [3.05, 3.63) is 0 Å². The van der Waals surface area contributed by atoms with E-state index >= 15 is 0 Å². The second-order valence-electron chi connectivity index (χ2n) is 3.93. The molecule has 0 radical (unpaired) electrons. The van der Waals surface area contributed by atoms with Gasteiger partial charge in [0, 0.05) is 18.3 Å². The molecule has 0 aliphatic carbocycles. The van der Waals surface area contributed by atoms with Gasteiger partial charge in [-0.2, -0.15) is 0 Å². The highest BCUT2D eigenvalue weighted by Crippen LogP contribution is 2.12. The Labute approximate surface area is 98.8 Å². The summed E-state index contributed by atoms with van der Waals surface area (Å²) in [6.45, 7) is 5.01. The minimum Gasteiger partial charge on any atom is -0.356 e. The fourth-order valence-corrected chi connectivity index (χ4v) is 1.74. The van der Waals surface area contributed by atoms with Crippen molar-refractivity contribution in [3.63, 3.8) is 0 Å². The summed E-state index contributed by atoms with van der Waals surface area (Å²) >= 11 is 5.56. The predicted molar refractivity (Wildman–Crippen MR) is 66.3 cm³/mol. The molecular weight excluding hydrogens is 210 g/mol. The second kappa shape index (κ2) is 10.3. The van der Waals surface area contributed by atoms with E-state index in [1.807, 2.05) is 0 Å². The van der Waals surface area contributed by atoms with E-state index in [9.17, 15) is 4.79 Å². The first-order chi connectivity index (χ1) is 7.26. The molecule has 90 valence electrons. The van der Waals surface area contributed by atoms with E-state index in [0.29, 0.717) is 5.88 Å². The van der Waals surface area contributed by atoms with Crippen LogP contribution in [0.15, 0.2) is 0 Å². The SMILES string of the molecule is CCCCC(CC)C(=O)NCCCCCl. The van der Waals surface area contributed by atoms with Crippen LogP contribution in [-0.4, -0.2) is 18.3 Å². The predicted octanol–water partition coefficient (Wildman–Crippen LogP) is 3.34. The topological polar surface area (TPSA) is 29.1 Å². The molecule has 0 aliphatic heterocycles. The molecule has 0 fully saturated rings. The van der Waals surface area contributed by atoms with Gasteiger partial charge in [-0.1, -0.05) is 26.7 Å². The molecule has 1 unspecified atom stereocenters. The molecule has 0 aliphatic rings. The van der Waals surface area contributed by atoms with Crippen molar-refractivity contribution in [1.82, 2.24) is 5.32 Å². The minimum absolute atomic E-state index is 0.209. The van der Waals surface area contributed by atoms with Gasteiger partial charge in [-0.15, -0.1) is 11.6 Å². The quantitative estimate of drug-likeness (QED) is 0.480. The first kappa shape index (κ1) is 14.8. The van der Waals surface area contributed by atoms with Gasteiger partial charge in [0.25, 0.3) is 0 Å². The van der Waals surface area contributed by atoms with Crippen molar-refractivity contribution in [1.29, 1.82) is 0 Å². The van der Waals surface area contributed by atoms with E-state index in [2.05, 4.69) is 19.2 Å². The van der Waals surface area contributed by atoms with E-state index in [4.69, 9.17) is 11.6 Å². The van der Waals surface area contributed by atoms with E-state index < -0.39 is 0 Å². The minimum atomic E-state index is 0.209. The first-order valence-corrected chi connectivity index (χ1v) is 6.63. The number of alkyl halides is 1. The van der Waals surface area contributed by atoms with Crippen molar-refractivity contribution < 1.29 is 4.79 Å². The zero-order valence-corrected chi connectivity index (χ0v) is 10.8. The third-order valence-corrected chi connectivity index (χ3v) is 2.90. The Balaban J connectivity index is 3.63. The molecule has 15 heavy (non-hydrogen) atoms. The molecular formula is C12H24ClNO. The lowest BCUT2D eigenvalue weighted by Gasteiger charge is -2.14. The highest BCUT2D eigenvalue weighted by atomic mass is 35.5. The largest absolute Gasteiger partial charge is 0.356 e. The summed E-state index contributed by atoms with van der Waals surface area (Å²) in [5.41, 5.74) is 0. The van der Waals surface area contributed by atoms with Gasteiger partial charge in [-0.05, 0) is 25.7 Å². The van der Waals surface area contributed by atoms with Crippen molar-refractivity contribution >= 4 is 17.5 Å². The van der Waals surface area contributed by atoms with Crippen molar-refractivity contribution in [3.8, 4) is 0 Å². The molecule has 0 rings (SSSR count). The van der Waals surface area contributed by atoms with E-state index in [1.54, 1.807) is 0 Å². The summed E-state index contributed by atoms with van der Waals surface area (Å²) in [6.07, 6.45) is 6.24. The van der Waals surface area contributed by atoms with Crippen molar-refractivity contribution in [2.75, 3.05) is 12.4 Å². The smallest absolute Gasteiger partial charge is 0.223 e. The van der Waals surface area contributed by atoms with Crippen LogP contribution in [0, 0.1) is 5.92 Å². The Bertz CT molecular complexity index is 162. The molecule has 0 aromatic rings. The lowest BCUT2D eigenvalue weighted by Crippen LogP contribution is -2.31. The summed E-state index contributed by atoms with van der Waals surface area (Å²) in [5, 5.41) is 2.98. The summed E-state index contributed by atoms with van der Waals surface area (Å²) in [6, 6.07) is 0. The second-order valence-corrected chi connectivity index (χ2v) is 4.31. The van der Waals surface area contributed by atoms with Gasteiger partial charge in [0.05, 0.1) is 0 Å². The lowest BCUT2D eigenvalue weighted by molar-refractivity contribution is -0.125. The Morgan fingerprint density at radius 3 is 2.53 bits per heavy atom. The Morgan fingerprint density at radius 2 is 2.00 bits per heavy atom. The number of hydrogen-bond donors (Lipinski definition) is 1. The molecule has 0 aromatic carbocycles. The van der Waals surface area contributed by atoms with Crippen LogP contribution in [0.5, 0.6) is 0 Å². The van der Waals surface area contributed by atoms with Gasteiger partial charge in [0.15, 0.2) is 0 Å². The van der Waals surface area contributed by atoms with Crippen LogP contribution in [-0.2, 0) is 4.79 Å². The maximum absolute atomic E-state index is 11.7. The lowest BCUT2D eigenvalue weighted by atomic mass is 9.98. The molecule has 0 aromatic heterocycles. The maximum atomic E-state index is 11.7. The molecule has 0 spiro atoms. The monoisotopic (exact) mass is 233 g/mol. The van der Waals surface area contributed by atoms with Crippen molar-refractivity contribution in [2.24, 2.45) is 5.92 Å². The van der Waals surface area contributed by atoms with Crippen LogP contribution in [0.4, 0.5) is 0 Å². The fourth-order valence-electron chi connectivity index (χ4n) is 1.55. The number of carbonyl (C=O) groups is 1. The number of nitrogens with one attached hydrogen (secondary N) is 1.